The van der Waals surface area contributed by atoms with Crippen molar-refractivity contribution >= 4 is 63.8 Å². The quantitative estimate of drug-likeness (QED) is 0.239. The standard InChI is InChI=1S/C26H29Cl2N7S/c1-16-8-9-20(27)15-22(16)34-10-12-35(13-11-34)25(32-24-29-18(3)14-19(4)30-24)33-26(36)31-21-7-5-6-17(2)23(21)28/h5-9,14-15H,10-13H2,1-4H3,(H2,29,30,31,32,33,36). The molecule has 1 aliphatic rings. The van der Waals surface area contributed by atoms with Crippen molar-refractivity contribution in [3.05, 3.63) is 75.0 Å². The Hall–Kier alpha value is -2.94. The summed E-state index contributed by atoms with van der Waals surface area (Å²) >= 11 is 18.3. The van der Waals surface area contributed by atoms with Crippen molar-refractivity contribution < 1.29 is 0 Å². The lowest BCUT2D eigenvalue weighted by Crippen LogP contribution is -2.51. The average Bonchev–Trinajstić information content (AvgIpc) is 2.83. The summed E-state index contributed by atoms with van der Waals surface area (Å²) < 4.78 is 0. The molecule has 36 heavy (non-hydrogen) atoms. The van der Waals surface area contributed by atoms with Gasteiger partial charge in [-0.3, -0.25) is 5.32 Å². The molecular formula is C26H29Cl2N7S. The van der Waals surface area contributed by atoms with Gasteiger partial charge >= 0.3 is 0 Å². The van der Waals surface area contributed by atoms with Crippen LogP contribution in [-0.2, 0) is 0 Å². The minimum atomic E-state index is 0.294. The number of anilines is 3. The molecule has 1 saturated heterocycles. The van der Waals surface area contributed by atoms with Gasteiger partial charge in [-0.2, -0.15) is 4.99 Å². The normalized spacial score (nSPS) is 14.1. The van der Waals surface area contributed by atoms with Crippen LogP contribution in [0.1, 0.15) is 22.5 Å². The zero-order chi connectivity index (χ0) is 25.8. The molecule has 0 bridgehead atoms. The molecule has 0 unspecified atom stereocenters. The predicted molar refractivity (Wildman–Crippen MR) is 155 cm³/mol. The summed E-state index contributed by atoms with van der Waals surface area (Å²) in [5.74, 6) is 1.07. The van der Waals surface area contributed by atoms with Crippen molar-refractivity contribution in [2.24, 2.45) is 4.99 Å². The molecule has 10 heteroatoms. The van der Waals surface area contributed by atoms with E-state index in [1.165, 1.54) is 5.56 Å². The summed E-state index contributed by atoms with van der Waals surface area (Å²) in [6, 6.07) is 13.7. The summed E-state index contributed by atoms with van der Waals surface area (Å²) in [4.78, 5) is 18.3. The highest BCUT2D eigenvalue weighted by Gasteiger charge is 2.23. The van der Waals surface area contributed by atoms with Crippen LogP contribution in [0, 0.1) is 27.7 Å². The van der Waals surface area contributed by atoms with Crippen LogP contribution in [-0.4, -0.2) is 52.1 Å². The van der Waals surface area contributed by atoms with E-state index in [1.807, 2.05) is 57.2 Å². The van der Waals surface area contributed by atoms with E-state index in [1.54, 1.807) is 0 Å². The van der Waals surface area contributed by atoms with Gasteiger partial charge in [0, 0.05) is 48.3 Å². The molecule has 2 N–H and O–H groups in total. The van der Waals surface area contributed by atoms with E-state index in [0.717, 1.165) is 53.8 Å². The number of aliphatic imine (C=N–C) groups is 1. The van der Waals surface area contributed by atoms with Gasteiger partial charge in [-0.1, -0.05) is 41.4 Å². The Morgan fingerprint density at radius 1 is 0.889 bits per heavy atom. The fourth-order valence-electron chi connectivity index (χ4n) is 4.13. The van der Waals surface area contributed by atoms with E-state index in [4.69, 9.17) is 40.4 Å². The van der Waals surface area contributed by atoms with E-state index in [-0.39, 0.29) is 0 Å². The molecule has 1 fully saturated rings. The smallest absolute Gasteiger partial charge is 0.229 e. The number of nitrogens with zero attached hydrogens (tertiary/aromatic N) is 5. The molecule has 0 aliphatic carbocycles. The monoisotopic (exact) mass is 541 g/mol. The zero-order valence-electron chi connectivity index (χ0n) is 20.8. The minimum Gasteiger partial charge on any atom is -0.368 e. The number of thiocarbonyl (C=S) groups is 1. The van der Waals surface area contributed by atoms with Crippen LogP contribution < -0.4 is 15.5 Å². The third-order valence-electron chi connectivity index (χ3n) is 5.94. The number of rotatable bonds is 3. The van der Waals surface area contributed by atoms with Crippen LogP contribution in [0.3, 0.4) is 0 Å². The first-order valence-corrected chi connectivity index (χ1v) is 12.9. The SMILES string of the molecule is Cc1cc(C)nc(N/C(=N/C(=S)Nc2cccc(C)c2Cl)N2CCN(c3cc(Cl)ccc3C)CC2)n1. The number of benzene rings is 2. The largest absolute Gasteiger partial charge is 0.368 e. The first-order chi connectivity index (χ1) is 17.2. The molecule has 2 aromatic carbocycles. The summed E-state index contributed by atoms with van der Waals surface area (Å²) in [6.45, 7) is 11.0. The molecule has 1 aromatic heterocycles. The van der Waals surface area contributed by atoms with Gasteiger partial charge in [0.2, 0.25) is 17.0 Å². The van der Waals surface area contributed by atoms with Crippen LogP contribution in [0.2, 0.25) is 10.0 Å². The van der Waals surface area contributed by atoms with E-state index < -0.39 is 0 Å². The van der Waals surface area contributed by atoms with Crippen molar-refractivity contribution in [3.8, 4) is 0 Å². The Morgan fingerprint density at radius 2 is 1.58 bits per heavy atom. The van der Waals surface area contributed by atoms with Crippen molar-refractivity contribution in [1.82, 2.24) is 14.9 Å². The molecule has 3 aromatic rings. The maximum Gasteiger partial charge on any atom is 0.229 e. The number of aromatic nitrogens is 2. The van der Waals surface area contributed by atoms with Gasteiger partial charge in [0.1, 0.15) is 0 Å². The first kappa shape index (κ1) is 26.1. The second kappa shape index (κ2) is 11.4. The van der Waals surface area contributed by atoms with Crippen LogP contribution in [0.15, 0.2) is 47.5 Å². The number of nitrogens with one attached hydrogen (secondary N) is 2. The average molecular weight is 543 g/mol. The number of piperazine rings is 1. The van der Waals surface area contributed by atoms with Crippen LogP contribution in [0.5, 0.6) is 0 Å². The second-order valence-electron chi connectivity index (χ2n) is 8.81. The Kier molecular flexibility index (Phi) is 8.28. The maximum absolute atomic E-state index is 6.45. The summed E-state index contributed by atoms with van der Waals surface area (Å²) in [5.41, 5.74) is 5.77. The molecular weight excluding hydrogens is 513 g/mol. The number of guanidine groups is 1. The van der Waals surface area contributed by atoms with Gasteiger partial charge in [0.25, 0.3) is 0 Å². The highest BCUT2D eigenvalue weighted by atomic mass is 35.5. The molecule has 0 spiro atoms. The lowest BCUT2D eigenvalue weighted by Gasteiger charge is -2.38. The Labute approximate surface area is 227 Å². The highest BCUT2D eigenvalue weighted by molar-refractivity contribution is 7.80. The van der Waals surface area contributed by atoms with E-state index >= 15 is 0 Å². The van der Waals surface area contributed by atoms with Gasteiger partial charge in [0.15, 0.2) is 0 Å². The Morgan fingerprint density at radius 3 is 2.28 bits per heavy atom. The van der Waals surface area contributed by atoms with Gasteiger partial charge in [-0.05, 0) is 75.3 Å². The molecule has 0 saturated carbocycles. The zero-order valence-corrected chi connectivity index (χ0v) is 23.1. The Bertz CT molecular complexity index is 1280. The number of hydrogen-bond acceptors (Lipinski definition) is 4. The van der Waals surface area contributed by atoms with E-state index in [9.17, 15) is 0 Å². The molecule has 4 rings (SSSR count). The van der Waals surface area contributed by atoms with Crippen LogP contribution >= 0.6 is 35.4 Å². The Balaban J connectivity index is 1.56. The van der Waals surface area contributed by atoms with Gasteiger partial charge < -0.3 is 15.1 Å². The van der Waals surface area contributed by atoms with Crippen LogP contribution in [0.25, 0.3) is 0 Å². The van der Waals surface area contributed by atoms with Crippen molar-refractivity contribution in [1.29, 1.82) is 0 Å². The third-order valence-corrected chi connectivity index (χ3v) is 6.87. The molecule has 188 valence electrons. The molecule has 1 aliphatic heterocycles. The van der Waals surface area contributed by atoms with Gasteiger partial charge in [-0.25, -0.2) is 9.97 Å². The van der Waals surface area contributed by atoms with Crippen molar-refractivity contribution in [2.75, 3.05) is 41.7 Å². The van der Waals surface area contributed by atoms with Crippen molar-refractivity contribution in [2.45, 2.75) is 27.7 Å². The fourth-order valence-corrected chi connectivity index (χ4v) is 4.66. The third kappa shape index (κ3) is 6.43. The molecule has 2 heterocycles. The molecule has 0 amide bonds. The van der Waals surface area contributed by atoms with Gasteiger partial charge in [-0.15, -0.1) is 0 Å². The van der Waals surface area contributed by atoms with Gasteiger partial charge in [0.05, 0.1) is 10.7 Å². The lowest BCUT2D eigenvalue weighted by atomic mass is 10.1. The molecule has 0 radical (unpaired) electrons. The second-order valence-corrected chi connectivity index (χ2v) is 10.0. The topological polar surface area (TPSA) is 68.7 Å². The first-order valence-electron chi connectivity index (χ1n) is 11.7. The number of halogens is 2. The minimum absolute atomic E-state index is 0.294. The summed E-state index contributed by atoms with van der Waals surface area (Å²) in [6.07, 6.45) is 0. The van der Waals surface area contributed by atoms with E-state index in [2.05, 4.69) is 43.4 Å². The molecule has 7 nitrogen and oxygen atoms in total. The highest BCUT2D eigenvalue weighted by Crippen LogP contribution is 2.26. The number of aryl methyl sites for hydroxylation is 4. The van der Waals surface area contributed by atoms with Crippen molar-refractivity contribution in [3.63, 3.8) is 0 Å². The molecule has 0 atom stereocenters. The number of hydrogen-bond donors (Lipinski definition) is 2. The summed E-state index contributed by atoms with van der Waals surface area (Å²) in [5, 5.41) is 8.11. The maximum atomic E-state index is 6.45. The summed E-state index contributed by atoms with van der Waals surface area (Å²) in [7, 11) is 0. The van der Waals surface area contributed by atoms with E-state index in [0.29, 0.717) is 27.7 Å². The van der Waals surface area contributed by atoms with Crippen LogP contribution in [0.4, 0.5) is 17.3 Å². The predicted octanol–water partition coefficient (Wildman–Crippen LogP) is 6.00. The fraction of sp³-hybridized carbons (Fsp3) is 0.308. The lowest BCUT2D eigenvalue weighted by molar-refractivity contribution is 0.385.